The van der Waals surface area contributed by atoms with Gasteiger partial charge in [-0.1, -0.05) is 12.1 Å². The Morgan fingerprint density at radius 3 is 3.11 bits per heavy atom. The molecule has 1 aromatic rings. The van der Waals surface area contributed by atoms with Crippen LogP contribution in [0.4, 0.5) is 0 Å². The normalized spacial score (nSPS) is 23.2. The molecule has 1 aliphatic heterocycles. The first-order chi connectivity index (χ1) is 8.72. The third-order valence-electron chi connectivity index (χ3n) is 3.37. The molecule has 0 amide bonds. The van der Waals surface area contributed by atoms with Crippen LogP contribution in [-0.2, 0) is 18.2 Å². The molecule has 1 saturated heterocycles. The fraction of sp³-hybridized carbons (Fsp3) is 0.818. The first kappa shape index (κ1) is 13.4. The van der Waals surface area contributed by atoms with Crippen molar-refractivity contribution in [3.63, 3.8) is 0 Å². The minimum absolute atomic E-state index is 0.0658. The predicted octanol–water partition coefficient (Wildman–Crippen LogP) is -1.09. The van der Waals surface area contributed by atoms with Crippen molar-refractivity contribution >= 4 is 0 Å². The predicted molar refractivity (Wildman–Crippen MR) is 67.7 cm³/mol. The summed E-state index contributed by atoms with van der Waals surface area (Å²) in [6, 6.07) is 0.0658. The van der Waals surface area contributed by atoms with Gasteiger partial charge >= 0.3 is 0 Å². The van der Waals surface area contributed by atoms with Crippen LogP contribution in [-0.4, -0.2) is 58.3 Å². The lowest BCUT2D eigenvalue weighted by atomic mass is 10.0. The Bertz CT molecular complexity index is 368. The van der Waals surface area contributed by atoms with Gasteiger partial charge in [-0.25, -0.2) is 0 Å². The van der Waals surface area contributed by atoms with Crippen LogP contribution in [0.3, 0.4) is 0 Å². The van der Waals surface area contributed by atoms with E-state index in [2.05, 4.69) is 27.6 Å². The summed E-state index contributed by atoms with van der Waals surface area (Å²) in [5.74, 6) is 5.64. The Morgan fingerprint density at radius 1 is 1.67 bits per heavy atom. The number of nitrogens with two attached hydrogens (primary N) is 1. The van der Waals surface area contributed by atoms with Crippen LogP contribution in [0.1, 0.15) is 12.6 Å². The van der Waals surface area contributed by atoms with E-state index in [1.165, 1.54) is 0 Å². The summed E-state index contributed by atoms with van der Waals surface area (Å²) in [5.41, 5.74) is 3.77. The van der Waals surface area contributed by atoms with Crippen LogP contribution in [0, 0.1) is 0 Å². The average molecular weight is 254 g/mol. The van der Waals surface area contributed by atoms with Crippen molar-refractivity contribution in [1.82, 2.24) is 25.3 Å². The average Bonchev–Trinajstić information content (AvgIpc) is 2.81. The lowest BCUT2D eigenvalue weighted by Crippen LogP contribution is -2.54. The number of rotatable bonds is 5. The largest absolute Gasteiger partial charge is 0.374 e. The van der Waals surface area contributed by atoms with Gasteiger partial charge in [0, 0.05) is 32.8 Å². The zero-order valence-electron chi connectivity index (χ0n) is 11.0. The number of hydrogen-bond acceptors (Lipinski definition) is 6. The van der Waals surface area contributed by atoms with E-state index in [1.807, 2.05) is 13.2 Å². The summed E-state index contributed by atoms with van der Waals surface area (Å²) >= 11 is 0. The molecule has 0 aromatic carbocycles. The van der Waals surface area contributed by atoms with Crippen LogP contribution in [0.25, 0.3) is 0 Å². The van der Waals surface area contributed by atoms with Crippen molar-refractivity contribution in [2.24, 2.45) is 12.9 Å². The van der Waals surface area contributed by atoms with E-state index in [0.29, 0.717) is 0 Å². The Labute approximate surface area is 107 Å². The van der Waals surface area contributed by atoms with Crippen LogP contribution in [0.2, 0.25) is 0 Å². The highest BCUT2D eigenvalue weighted by atomic mass is 16.5. The number of aryl methyl sites for hydroxylation is 1. The maximum Gasteiger partial charge on any atom is 0.0872 e. The zero-order valence-corrected chi connectivity index (χ0v) is 11.0. The molecule has 2 heterocycles. The smallest absolute Gasteiger partial charge is 0.0872 e. The molecule has 0 aliphatic carbocycles. The number of likely N-dealkylation sites (N-methyl/N-ethyl adjacent to an activating group) is 1. The Balaban J connectivity index is 1.95. The Morgan fingerprint density at radius 2 is 2.50 bits per heavy atom. The molecule has 18 heavy (non-hydrogen) atoms. The summed E-state index contributed by atoms with van der Waals surface area (Å²) < 4.78 is 7.50. The molecule has 1 aromatic heterocycles. The van der Waals surface area contributed by atoms with Gasteiger partial charge in [-0.05, 0) is 6.54 Å². The van der Waals surface area contributed by atoms with Gasteiger partial charge in [0.05, 0.1) is 24.4 Å². The standard InChI is InChI=1S/C11H22N6O/c1-3-17-4-5-18-11(8-17)10(13-12)6-9-7-16(2)15-14-9/h7,10-11,13H,3-6,8,12H2,1-2H3. The van der Waals surface area contributed by atoms with Gasteiger partial charge in [0.15, 0.2) is 0 Å². The summed E-state index contributed by atoms with van der Waals surface area (Å²) in [7, 11) is 1.86. The lowest BCUT2D eigenvalue weighted by molar-refractivity contribution is -0.0449. The van der Waals surface area contributed by atoms with Gasteiger partial charge in [0.25, 0.3) is 0 Å². The Hall–Kier alpha value is -1.02. The highest BCUT2D eigenvalue weighted by Gasteiger charge is 2.27. The molecule has 7 nitrogen and oxygen atoms in total. The monoisotopic (exact) mass is 254 g/mol. The van der Waals surface area contributed by atoms with E-state index in [-0.39, 0.29) is 12.1 Å². The highest BCUT2D eigenvalue weighted by Crippen LogP contribution is 2.11. The van der Waals surface area contributed by atoms with Crippen molar-refractivity contribution in [2.75, 3.05) is 26.2 Å². The van der Waals surface area contributed by atoms with E-state index >= 15 is 0 Å². The minimum Gasteiger partial charge on any atom is -0.374 e. The molecule has 0 bridgehead atoms. The molecule has 2 unspecified atom stereocenters. The molecule has 7 heteroatoms. The van der Waals surface area contributed by atoms with Crippen LogP contribution < -0.4 is 11.3 Å². The topological polar surface area (TPSA) is 81.2 Å². The first-order valence-electron chi connectivity index (χ1n) is 6.38. The maximum absolute atomic E-state index is 5.80. The number of hydrazine groups is 1. The molecular formula is C11H22N6O. The van der Waals surface area contributed by atoms with Gasteiger partial charge in [0.2, 0.25) is 0 Å². The van der Waals surface area contributed by atoms with Crippen molar-refractivity contribution in [3.8, 4) is 0 Å². The maximum atomic E-state index is 5.80. The van der Waals surface area contributed by atoms with Gasteiger partial charge in [0.1, 0.15) is 0 Å². The fourth-order valence-corrected chi connectivity index (χ4v) is 2.27. The first-order valence-corrected chi connectivity index (χ1v) is 6.38. The molecule has 102 valence electrons. The molecule has 0 saturated carbocycles. The fourth-order valence-electron chi connectivity index (χ4n) is 2.27. The second-order valence-electron chi connectivity index (χ2n) is 4.66. The van der Waals surface area contributed by atoms with Crippen LogP contribution >= 0.6 is 0 Å². The number of aromatic nitrogens is 3. The number of ether oxygens (including phenoxy) is 1. The third kappa shape index (κ3) is 3.26. The molecule has 3 N–H and O–H groups in total. The summed E-state index contributed by atoms with van der Waals surface area (Å²) in [6.45, 7) is 5.87. The summed E-state index contributed by atoms with van der Waals surface area (Å²) in [4.78, 5) is 2.37. The zero-order chi connectivity index (χ0) is 13.0. The number of nitrogens with one attached hydrogen (secondary N) is 1. The lowest BCUT2D eigenvalue weighted by Gasteiger charge is -2.36. The number of hydrogen-bond donors (Lipinski definition) is 2. The van der Waals surface area contributed by atoms with Crippen molar-refractivity contribution in [1.29, 1.82) is 0 Å². The highest BCUT2D eigenvalue weighted by molar-refractivity contribution is 4.98. The molecule has 2 atom stereocenters. The van der Waals surface area contributed by atoms with E-state index < -0.39 is 0 Å². The SMILES string of the molecule is CCN1CCOC(C(Cc2cn(C)nn2)NN)C1. The second-order valence-corrected chi connectivity index (χ2v) is 4.66. The van der Waals surface area contributed by atoms with Crippen LogP contribution in [0.15, 0.2) is 6.20 Å². The molecule has 1 aliphatic rings. The molecular weight excluding hydrogens is 232 g/mol. The van der Waals surface area contributed by atoms with Crippen molar-refractivity contribution in [3.05, 3.63) is 11.9 Å². The van der Waals surface area contributed by atoms with Gasteiger partial charge in [-0.15, -0.1) is 5.10 Å². The summed E-state index contributed by atoms with van der Waals surface area (Å²) in [6.07, 6.45) is 2.74. The molecule has 2 rings (SSSR count). The molecule has 0 radical (unpaired) electrons. The third-order valence-corrected chi connectivity index (χ3v) is 3.37. The van der Waals surface area contributed by atoms with Crippen LogP contribution in [0.5, 0.6) is 0 Å². The van der Waals surface area contributed by atoms with E-state index in [1.54, 1.807) is 4.68 Å². The van der Waals surface area contributed by atoms with Gasteiger partial charge < -0.3 is 4.74 Å². The quantitative estimate of drug-likeness (QED) is 0.513. The number of morpholine rings is 1. The van der Waals surface area contributed by atoms with E-state index in [4.69, 9.17) is 10.6 Å². The van der Waals surface area contributed by atoms with Gasteiger partial charge in [-0.3, -0.25) is 20.9 Å². The van der Waals surface area contributed by atoms with Crippen molar-refractivity contribution < 1.29 is 4.74 Å². The summed E-state index contributed by atoms with van der Waals surface area (Å²) in [5, 5.41) is 8.01. The van der Waals surface area contributed by atoms with Crippen molar-refractivity contribution in [2.45, 2.75) is 25.5 Å². The molecule has 1 fully saturated rings. The van der Waals surface area contributed by atoms with Gasteiger partial charge in [-0.2, -0.15) is 0 Å². The number of nitrogens with zero attached hydrogens (tertiary/aromatic N) is 4. The van der Waals surface area contributed by atoms with E-state index in [0.717, 1.165) is 38.4 Å². The Kier molecular flexibility index (Phi) is 4.65. The molecule has 0 spiro atoms. The minimum atomic E-state index is 0.0658. The second kappa shape index (κ2) is 6.24. The van der Waals surface area contributed by atoms with E-state index in [9.17, 15) is 0 Å².